The molecule has 1 rings (SSSR count). The lowest BCUT2D eigenvalue weighted by atomic mass is 10.1. The summed E-state index contributed by atoms with van der Waals surface area (Å²) in [5.74, 6) is 1.06. The number of thioether (sulfide) groups is 1. The molecular formula is C13H22N2O2S2. The van der Waals surface area contributed by atoms with Crippen LogP contribution >= 0.6 is 11.8 Å². The van der Waals surface area contributed by atoms with Gasteiger partial charge in [0.05, 0.1) is 4.90 Å². The molecule has 1 aromatic carbocycles. The number of anilines is 1. The van der Waals surface area contributed by atoms with Crippen LogP contribution in [0, 0.1) is 0 Å². The first-order valence-electron chi connectivity index (χ1n) is 6.38. The third kappa shape index (κ3) is 5.04. The third-order valence-electron chi connectivity index (χ3n) is 2.83. The van der Waals surface area contributed by atoms with E-state index in [1.54, 1.807) is 23.9 Å². The lowest BCUT2D eigenvalue weighted by Crippen LogP contribution is -2.26. The molecule has 0 spiro atoms. The predicted molar refractivity (Wildman–Crippen MR) is 83.0 cm³/mol. The average molecular weight is 302 g/mol. The average Bonchev–Trinajstić information content (AvgIpc) is 2.38. The lowest BCUT2D eigenvalue weighted by molar-refractivity contribution is 0.577. The fourth-order valence-corrected chi connectivity index (χ4v) is 3.68. The van der Waals surface area contributed by atoms with Gasteiger partial charge in [-0.2, -0.15) is 11.8 Å². The predicted octanol–water partition coefficient (Wildman–Crippen LogP) is 2.25. The third-order valence-corrected chi connectivity index (χ3v) is 5.07. The smallest absolute Gasteiger partial charge is 0.240 e. The van der Waals surface area contributed by atoms with Gasteiger partial charge in [-0.3, -0.25) is 0 Å². The van der Waals surface area contributed by atoms with E-state index in [4.69, 9.17) is 5.73 Å². The van der Waals surface area contributed by atoms with E-state index in [1.807, 2.05) is 13.2 Å². The minimum absolute atomic E-state index is 0.305. The summed E-state index contributed by atoms with van der Waals surface area (Å²) in [5, 5.41) is 0. The maximum atomic E-state index is 12.2. The van der Waals surface area contributed by atoms with Gasteiger partial charge in [-0.25, -0.2) is 13.1 Å². The van der Waals surface area contributed by atoms with Crippen LogP contribution < -0.4 is 10.5 Å². The zero-order valence-corrected chi connectivity index (χ0v) is 13.1. The van der Waals surface area contributed by atoms with Crippen LogP contribution in [0.1, 0.15) is 25.3 Å². The van der Waals surface area contributed by atoms with Crippen LogP contribution in [-0.4, -0.2) is 27.0 Å². The Balaban J connectivity index is 2.74. The van der Waals surface area contributed by atoms with E-state index in [1.165, 1.54) is 6.07 Å². The molecule has 0 unspecified atom stereocenters. The monoisotopic (exact) mass is 302 g/mol. The molecule has 0 amide bonds. The molecule has 108 valence electrons. The number of nitrogens with one attached hydrogen (secondary N) is 1. The molecule has 0 heterocycles. The van der Waals surface area contributed by atoms with Crippen molar-refractivity contribution in [2.24, 2.45) is 0 Å². The zero-order valence-electron chi connectivity index (χ0n) is 11.5. The molecule has 0 atom stereocenters. The molecule has 0 saturated heterocycles. The number of sulfonamides is 1. The molecular weight excluding hydrogens is 280 g/mol. The van der Waals surface area contributed by atoms with Crippen molar-refractivity contribution >= 4 is 27.5 Å². The molecule has 0 aliphatic carbocycles. The Morgan fingerprint density at radius 2 is 2.05 bits per heavy atom. The van der Waals surface area contributed by atoms with Gasteiger partial charge in [0.1, 0.15) is 0 Å². The summed E-state index contributed by atoms with van der Waals surface area (Å²) < 4.78 is 27.1. The summed E-state index contributed by atoms with van der Waals surface area (Å²) in [4.78, 5) is 0.305. The van der Waals surface area contributed by atoms with Crippen LogP contribution in [0.4, 0.5) is 5.69 Å². The van der Waals surface area contributed by atoms with Crippen molar-refractivity contribution in [3.63, 3.8) is 0 Å². The van der Waals surface area contributed by atoms with E-state index in [2.05, 4.69) is 4.72 Å². The topological polar surface area (TPSA) is 72.2 Å². The molecule has 0 aromatic heterocycles. The van der Waals surface area contributed by atoms with Crippen LogP contribution in [0.2, 0.25) is 0 Å². The largest absolute Gasteiger partial charge is 0.399 e. The summed E-state index contributed by atoms with van der Waals surface area (Å²) in [6.45, 7) is 2.41. The van der Waals surface area contributed by atoms with Gasteiger partial charge in [-0.1, -0.05) is 13.0 Å². The molecule has 1 aromatic rings. The lowest BCUT2D eigenvalue weighted by Gasteiger charge is -2.11. The highest BCUT2D eigenvalue weighted by Crippen LogP contribution is 2.19. The molecule has 0 aliphatic rings. The fraction of sp³-hybridized carbons (Fsp3) is 0.538. The summed E-state index contributed by atoms with van der Waals surface area (Å²) in [7, 11) is -3.45. The normalized spacial score (nSPS) is 11.7. The number of rotatable bonds is 8. The Morgan fingerprint density at radius 1 is 1.32 bits per heavy atom. The molecule has 6 heteroatoms. The van der Waals surface area contributed by atoms with E-state index in [0.717, 1.165) is 24.2 Å². The van der Waals surface area contributed by atoms with Crippen LogP contribution in [-0.2, 0) is 16.4 Å². The first-order chi connectivity index (χ1) is 9.01. The SMILES string of the molecule is CCc1ccc(N)cc1S(=O)(=O)NCCCCSC. The molecule has 0 bridgehead atoms. The van der Waals surface area contributed by atoms with Gasteiger partial charge in [0.2, 0.25) is 10.0 Å². The number of hydrogen-bond donors (Lipinski definition) is 2. The highest BCUT2D eigenvalue weighted by molar-refractivity contribution is 7.98. The van der Waals surface area contributed by atoms with Crippen LogP contribution in [0.3, 0.4) is 0 Å². The number of unbranched alkanes of at least 4 members (excludes halogenated alkanes) is 1. The minimum atomic E-state index is -3.45. The molecule has 4 nitrogen and oxygen atoms in total. The summed E-state index contributed by atoms with van der Waals surface area (Å²) in [6, 6.07) is 5.04. The van der Waals surface area contributed by atoms with Gasteiger partial charge in [0, 0.05) is 12.2 Å². The number of nitrogens with two attached hydrogens (primary N) is 1. The first-order valence-corrected chi connectivity index (χ1v) is 9.26. The zero-order chi connectivity index (χ0) is 14.3. The second-order valence-corrected chi connectivity index (χ2v) is 7.04. The van der Waals surface area contributed by atoms with Crippen LogP contribution in [0.5, 0.6) is 0 Å². The number of benzene rings is 1. The van der Waals surface area contributed by atoms with E-state index in [9.17, 15) is 8.42 Å². The van der Waals surface area contributed by atoms with Crippen molar-refractivity contribution in [1.29, 1.82) is 0 Å². The Hall–Kier alpha value is -0.720. The van der Waals surface area contributed by atoms with Crippen molar-refractivity contribution in [3.8, 4) is 0 Å². The summed E-state index contributed by atoms with van der Waals surface area (Å²) >= 11 is 1.77. The maximum absolute atomic E-state index is 12.2. The summed E-state index contributed by atoms with van der Waals surface area (Å²) in [5.41, 5.74) is 6.95. The van der Waals surface area contributed by atoms with Crippen molar-refractivity contribution in [1.82, 2.24) is 4.72 Å². The fourth-order valence-electron chi connectivity index (χ4n) is 1.77. The van der Waals surface area contributed by atoms with Crippen molar-refractivity contribution in [3.05, 3.63) is 23.8 Å². The van der Waals surface area contributed by atoms with E-state index < -0.39 is 10.0 Å². The summed E-state index contributed by atoms with van der Waals surface area (Å²) in [6.07, 6.45) is 4.58. The van der Waals surface area contributed by atoms with Gasteiger partial charge in [-0.15, -0.1) is 0 Å². The van der Waals surface area contributed by atoms with Gasteiger partial charge < -0.3 is 5.73 Å². The van der Waals surface area contributed by atoms with Crippen LogP contribution in [0.25, 0.3) is 0 Å². The van der Waals surface area contributed by atoms with Crippen molar-refractivity contribution in [2.75, 3.05) is 24.3 Å². The highest BCUT2D eigenvalue weighted by Gasteiger charge is 2.17. The van der Waals surface area contributed by atoms with Gasteiger partial charge in [-0.05, 0) is 49.0 Å². The minimum Gasteiger partial charge on any atom is -0.399 e. The molecule has 3 N–H and O–H groups in total. The van der Waals surface area contributed by atoms with Gasteiger partial charge in [0.25, 0.3) is 0 Å². The van der Waals surface area contributed by atoms with Crippen LogP contribution in [0.15, 0.2) is 23.1 Å². The maximum Gasteiger partial charge on any atom is 0.240 e. The highest BCUT2D eigenvalue weighted by atomic mass is 32.2. The standard InChI is InChI=1S/C13H22N2O2S2/c1-3-11-6-7-12(14)10-13(11)19(16,17)15-8-4-5-9-18-2/h6-7,10,15H,3-5,8-9,14H2,1-2H3. The Morgan fingerprint density at radius 3 is 2.68 bits per heavy atom. The Labute approximate surface area is 120 Å². The molecule has 0 radical (unpaired) electrons. The molecule has 0 aliphatic heterocycles. The molecule has 0 saturated carbocycles. The Kier molecular flexibility index (Phi) is 6.68. The Bertz CT molecular complexity index is 501. The number of nitrogen functional groups attached to an aromatic ring is 1. The van der Waals surface area contributed by atoms with Gasteiger partial charge in [0.15, 0.2) is 0 Å². The van der Waals surface area contributed by atoms with Gasteiger partial charge >= 0.3 is 0 Å². The quantitative estimate of drug-likeness (QED) is 0.571. The number of aryl methyl sites for hydroxylation is 1. The van der Waals surface area contributed by atoms with Crippen molar-refractivity contribution < 1.29 is 8.42 Å². The van der Waals surface area contributed by atoms with E-state index in [-0.39, 0.29) is 0 Å². The number of hydrogen-bond acceptors (Lipinski definition) is 4. The second kappa shape index (κ2) is 7.77. The van der Waals surface area contributed by atoms with E-state index >= 15 is 0 Å². The molecule has 19 heavy (non-hydrogen) atoms. The first kappa shape index (κ1) is 16.3. The van der Waals surface area contributed by atoms with E-state index in [0.29, 0.717) is 23.5 Å². The van der Waals surface area contributed by atoms with Crippen molar-refractivity contribution in [2.45, 2.75) is 31.1 Å². The molecule has 0 fully saturated rings. The second-order valence-electron chi connectivity index (χ2n) is 4.32.